The van der Waals surface area contributed by atoms with Gasteiger partial charge in [0, 0.05) is 0 Å². The maximum absolute atomic E-state index is 10.7. The number of halogens is 1. The van der Waals surface area contributed by atoms with Crippen molar-refractivity contribution in [3.63, 3.8) is 0 Å². The number of carboxylic acids is 1. The molecule has 0 amide bonds. The van der Waals surface area contributed by atoms with E-state index in [4.69, 9.17) is 27.5 Å². The first-order valence-electron chi connectivity index (χ1n) is 3.95. The monoisotopic (exact) mass is 215 g/mol. The van der Waals surface area contributed by atoms with Gasteiger partial charge in [-0.3, -0.25) is 0 Å². The maximum Gasteiger partial charge on any atom is 0.337 e. The van der Waals surface area contributed by atoms with E-state index in [2.05, 4.69) is 0 Å². The van der Waals surface area contributed by atoms with E-state index >= 15 is 0 Å². The average Bonchev–Trinajstić information content (AvgIpc) is 2.17. The smallest absolute Gasteiger partial charge is 0.337 e. The van der Waals surface area contributed by atoms with Gasteiger partial charge in [-0.1, -0.05) is 17.7 Å². The lowest BCUT2D eigenvalue weighted by atomic mass is 10.1. The molecule has 1 aromatic rings. The van der Waals surface area contributed by atoms with Gasteiger partial charge in [-0.2, -0.15) is 0 Å². The molecule has 0 unspecified atom stereocenters. The Labute approximate surface area is 85.9 Å². The lowest BCUT2D eigenvalue weighted by molar-refractivity contribution is 0.0697. The zero-order valence-electron chi connectivity index (χ0n) is 7.27. The van der Waals surface area contributed by atoms with E-state index in [1.54, 1.807) is 6.07 Å². The Balaban J connectivity index is 3.12. The molecule has 0 fully saturated rings. The fourth-order valence-electron chi connectivity index (χ4n) is 1.04. The highest BCUT2D eigenvalue weighted by Gasteiger charge is 2.12. The van der Waals surface area contributed by atoms with Crippen LogP contribution in [0.1, 0.15) is 22.0 Å². The highest BCUT2D eigenvalue weighted by Crippen LogP contribution is 2.20. The molecule has 0 radical (unpaired) electrons. The van der Waals surface area contributed by atoms with Crippen molar-refractivity contribution in [3.8, 4) is 0 Å². The van der Waals surface area contributed by atoms with Gasteiger partial charge in [0.25, 0.3) is 0 Å². The molecule has 1 atom stereocenters. The topological polar surface area (TPSA) is 83.5 Å². The van der Waals surface area contributed by atoms with E-state index in [1.165, 1.54) is 12.1 Å². The van der Waals surface area contributed by atoms with Gasteiger partial charge in [0.2, 0.25) is 0 Å². The van der Waals surface area contributed by atoms with E-state index in [1.807, 2.05) is 0 Å². The second kappa shape index (κ2) is 4.41. The summed E-state index contributed by atoms with van der Waals surface area (Å²) in [5.74, 6) is -1.11. The minimum Gasteiger partial charge on any atom is -0.478 e. The van der Waals surface area contributed by atoms with Crippen molar-refractivity contribution >= 4 is 17.6 Å². The van der Waals surface area contributed by atoms with E-state index < -0.39 is 12.0 Å². The lowest BCUT2D eigenvalue weighted by Crippen LogP contribution is -2.15. The number of carboxylic acid groups (broad SMARTS) is 1. The zero-order chi connectivity index (χ0) is 10.7. The first kappa shape index (κ1) is 11.0. The van der Waals surface area contributed by atoms with Gasteiger partial charge < -0.3 is 15.9 Å². The molecule has 76 valence electrons. The summed E-state index contributed by atoms with van der Waals surface area (Å²) in [5.41, 5.74) is 6.07. The summed E-state index contributed by atoms with van der Waals surface area (Å²) in [6.45, 7) is -0.235. The number of carbonyl (C=O) groups is 1. The number of benzene rings is 1. The normalized spacial score (nSPS) is 12.5. The molecule has 4 nitrogen and oxygen atoms in total. The van der Waals surface area contributed by atoms with Crippen molar-refractivity contribution in [1.82, 2.24) is 0 Å². The number of hydrogen-bond donors (Lipinski definition) is 3. The van der Waals surface area contributed by atoms with Crippen LogP contribution in [0.5, 0.6) is 0 Å². The SMILES string of the molecule is N[C@@H](CO)c1ccc(Cl)c(C(=O)O)c1. The number of aliphatic hydroxyl groups is 1. The standard InChI is InChI=1S/C9H10ClNO3/c10-7-2-1-5(8(11)4-12)3-6(7)9(13)14/h1-3,8,12H,4,11H2,(H,13,14)/t8-/m0/s1. The Morgan fingerprint density at radius 1 is 1.57 bits per heavy atom. The number of nitrogens with two attached hydrogens (primary N) is 1. The van der Waals surface area contributed by atoms with Crippen LogP contribution in [0.25, 0.3) is 0 Å². The Morgan fingerprint density at radius 3 is 2.71 bits per heavy atom. The molecule has 0 saturated heterocycles. The average molecular weight is 216 g/mol. The largest absolute Gasteiger partial charge is 0.478 e. The van der Waals surface area contributed by atoms with Crippen LogP contribution in [-0.4, -0.2) is 22.8 Å². The van der Waals surface area contributed by atoms with Crippen molar-refractivity contribution in [1.29, 1.82) is 0 Å². The lowest BCUT2D eigenvalue weighted by Gasteiger charge is -2.09. The minimum atomic E-state index is -1.11. The highest BCUT2D eigenvalue weighted by molar-refractivity contribution is 6.33. The third kappa shape index (κ3) is 2.23. The summed E-state index contributed by atoms with van der Waals surface area (Å²) in [6, 6.07) is 3.84. The number of hydrogen-bond acceptors (Lipinski definition) is 3. The van der Waals surface area contributed by atoms with Crippen LogP contribution in [0.3, 0.4) is 0 Å². The molecule has 0 aliphatic carbocycles. The first-order chi connectivity index (χ1) is 6.56. The Hall–Kier alpha value is -1.10. The van der Waals surface area contributed by atoms with Crippen LogP contribution in [0.4, 0.5) is 0 Å². The Kier molecular flexibility index (Phi) is 3.46. The van der Waals surface area contributed by atoms with Crippen molar-refractivity contribution < 1.29 is 15.0 Å². The number of aliphatic hydroxyl groups excluding tert-OH is 1. The van der Waals surface area contributed by atoms with Gasteiger partial charge in [0.05, 0.1) is 23.2 Å². The van der Waals surface area contributed by atoms with Gasteiger partial charge >= 0.3 is 5.97 Å². The number of rotatable bonds is 3. The van der Waals surface area contributed by atoms with Crippen LogP contribution in [-0.2, 0) is 0 Å². The van der Waals surface area contributed by atoms with Gasteiger partial charge in [-0.25, -0.2) is 4.79 Å². The molecule has 0 heterocycles. The molecular formula is C9H10ClNO3. The van der Waals surface area contributed by atoms with E-state index in [9.17, 15) is 4.79 Å². The molecule has 0 aromatic heterocycles. The van der Waals surface area contributed by atoms with Crippen LogP contribution in [0.2, 0.25) is 5.02 Å². The summed E-state index contributed by atoms with van der Waals surface area (Å²) in [4.78, 5) is 10.7. The zero-order valence-corrected chi connectivity index (χ0v) is 8.03. The molecule has 14 heavy (non-hydrogen) atoms. The van der Waals surface area contributed by atoms with Crippen molar-refractivity contribution in [3.05, 3.63) is 34.3 Å². The fraction of sp³-hybridized carbons (Fsp3) is 0.222. The molecular weight excluding hydrogens is 206 g/mol. The minimum absolute atomic E-state index is 0.00642. The molecule has 0 aliphatic heterocycles. The van der Waals surface area contributed by atoms with E-state index in [0.29, 0.717) is 5.56 Å². The summed E-state index contributed by atoms with van der Waals surface area (Å²) < 4.78 is 0. The summed E-state index contributed by atoms with van der Waals surface area (Å²) >= 11 is 5.65. The van der Waals surface area contributed by atoms with Crippen molar-refractivity contribution in [2.45, 2.75) is 6.04 Å². The van der Waals surface area contributed by atoms with Gasteiger partial charge in [-0.05, 0) is 17.7 Å². The molecule has 0 bridgehead atoms. The fourth-order valence-corrected chi connectivity index (χ4v) is 1.24. The van der Waals surface area contributed by atoms with Gasteiger partial charge in [-0.15, -0.1) is 0 Å². The van der Waals surface area contributed by atoms with Crippen LogP contribution < -0.4 is 5.73 Å². The van der Waals surface area contributed by atoms with E-state index in [-0.39, 0.29) is 17.2 Å². The molecule has 1 aromatic carbocycles. The molecule has 1 rings (SSSR count). The van der Waals surface area contributed by atoms with Crippen LogP contribution >= 0.6 is 11.6 Å². The second-order valence-corrected chi connectivity index (χ2v) is 3.24. The van der Waals surface area contributed by atoms with E-state index in [0.717, 1.165) is 0 Å². The van der Waals surface area contributed by atoms with Crippen molar-refractivity contribution in [2.75, 3.05) is 6.61 Å². The van der Waals surface area contributed by atoms with Gasteiger partial charge in [0.15, 0.2) is 0 Å². The number of aromatic carboxylic acids is 1. The predicted octanol–water partition coefficient (Wildman–Crippen LogP) is 1.03. The Morgan fingerprint density at radius 2 is 2.21 bits per heavy atom. The third-order valence-corrected chi connectivity index (χ3v) is 2.18. The molecule has 0 saturated carbocycles. The van der Waals surface area contributed by atoms with Crippen LogP contribution in [0.15, 0.2) is 18.2 Å². The van der Waals surface area contributed by atoms with Crippen LogP contribution in [0, 0.1) is 0 Å². The summed E-state index contributed by atoms with van der Waals surface area (Å²) in [7, 11) is 0. The molecule has 0 spiro atoms. The molecule has 5 heteroatoms. The summed E-state index contributed by atoms with van der Waals surface area (Å²) in [5, 5.41) is 17.7. The first-order valence-corrected chi connectivity index (χ1v) is 4.33. The molecule has 0 aliphatic rings. The van der Waals surface area contributed by atoms with Crippen molar-refractivity contribution in [2.24, 2.45) is 5.73 Å². The highest BCUT2D eigenvalue weighted by atomic mass is 35.5. The Bertz CT molecular complexity index is 354. The predicted molar refractivity (Wildman–Crippen MR) is 52.4 cm³/mol. The maximum atomic E-state index is 10.7. The third-order valence-electron chi connectivity index (χ3n) is 1.85. The summed E-state index contributed by atoms with van der Waals surface area (Å²) in [6.07, 6.45) is 0. The van der Waals surface area contributed by atoms with Gasteiger partial charge in [0.1, 0.15) is 0 Å². The second-order valence-electron chi connectivity index (χ2n) is 2.83. The molecule has 4 N–H and O–H groups in total. The quantitative estimate of drug-likeness (QED) is 0.703.